The number of carbonyl (C=O) groups excluding carboxylic acids is 1. The maximum absolute atomic E-state index is 12.4. The Bertz CT molecular complexity index is 642. The molecule has 1 aromatic rings. The van der Waals surface area contributed by atoms with Crippen LogP contribution in [0.2, 0.25) is 0 Å². The highest BCUT2D eigenvalue weighted by Crippen LogP contribution is 2.19. The maximum atomic E-state index is 12.4. The number of nitrogens with one attached hydrogen (secondary N) is 1. The lowest BCUT2D eigenvalue weighted by molar-refractivity contribution is -0.137. The lowest BCUT2D eigenvalue weighted by atomic mass is 10.1. The Morgan fingerprint density at radius 3 is 2.41 bits per heavy atom. The molecule has 2 N–H and O–H groups in total. The van der Waals surface area contributed by atoms with E-state index in [2.05, 4.69) is 4.72 Å². The van der Waals surface area contributed by atoms with E-state index in [0.29, 0.717) is 6.42 Å². The first-order valence-corrected chi connectivity index (χ1v) is 8.56. The predicted molar refractivity (Wildman–Crippen MR) is 83.4 cm³/mol. The average molecular weight is 328 g/mol. The van der Waals surface area contributed by atoms with Crippen LogP contribution in [0.15, 0.2) is 24.3 Å². The van der Waals surface area contributed by atoms with Crippen LogP contribution in [0, 0.1) is 0 Å². The number of hydrogen-bond acceptors (Lipinski definition) is 4. The molecule has 0 aliphatic heterocycles. The molecule has 0 unspecified atom stereocenters. The van der Waals surface area contributed by atoms with Gasteiger partial charge < -0.3 is 10.0 Å². The third-order valence-corrected chi connectivity index (χ3v) is 4.37. The monoisotopic (exact) mass is 328 g/mol. The summed E-state index contributed by atoms with van der Waals surface area (Å²) in [5.41, 5.74) is 0.287. The van der Waals surface area contributed by atoms with Gasteiger partial charge >= 0.3 is 5.97 Å². The van der Waals surface area contributed by atoms with Crippen molar-refractivity contribution in [3.05, 3.63) is 29.8 Å². The number of carboxylic acid groups (broad SMARTS) is 1. The highest BCUT2D eigenvalue weighted by Gasteiger charge is 2.21. The topological polar surface area (TPSA) is 104 Å². The molecule has 0 bridgehead atoms. The highest BCUT2D eigenvalue weighted by atomic mass is 32.2. The normalized spacial score (nSPS) is 11.0. The van der Waals surface area contributed by atoms with Gasteiger partial charge in [-0.2, -0.15) is 0 Å². The van der Waals surface area contributed by atoms with Gasteiger partial charge in [-0.25, -0.2) is 8.42 Å². The van der Waals surface area contributed by atoms with Gasteiger partial charge in [0.05, 0.1) is 17.0 Å². The Labute approximate surface area is 130 Å². The number of carboxylic acids is 1. The summed E-state index contributed by atoms with van der Waals surface area (Å²) in [6.45, 7) is 3.17. The van der Waals surface area contributed by atoms with Crippen LogP contribution in [0.3, 0.4) is 0 Å². The van der Waals surface area contributed by atoms with E-state index in [1.807, 2.05) is 0 Å². The molecule has 0 spiro atoms. The molecular weight excluding hydrogens is 308 g/mol. The zero-order chi connectivity index (χ0) is 16.8. The van der Waals surface area contributed by atoms with Crippen molar-refractivity contribution in [3.63, 3.8) is 0 Å². The molecule has 0 heterocycles. The highest BCUT2D eigenvalue weighted by molar-refractivity contribution is 7.92. The number of para-hydroxylation sites is 1. The van der Waals surface area contributed by atoms with Gasteiger partial charge in [-0.15, -0.1) is 0 Å². The minimum atomic E-state index is -3.53. The van der Waals surface area contributed by atoms with E-state index in [1.54, 1.807) is 26.0 Å². The number of carbonyl (C=O) groups is 2. The molecule has 0 aromatic heterocycles. The van der Waals surface area contributed by atoms with Gasteiger partial charge in [-0.3, -0.25) is 14.3 Å². The predicted octanol–water partition coefficient (Wildman–Crippen LogP) is 1.39. The van der Waals surface area contributed by atoms with E-state index in [-0.39, 0.29) is 23.5 Å². The van der Waals surface area contributed by atoms with Crippen molar-refractivity contribution in [3.8, 4) is 0 Å². The zero-order valence-corrected chi connectivity index (χ0v) is 13.4. The SMILES string of the molecule is CCCS(=O)(=O)Nc1ccccc1C(=O)N(CC)CC(=O)O. The van der Waals surface area contributed by atoms with Crippen LogP contribution in [-0.4, -0.2) is 49.1 Å². The smallest absolute Gasteiger partial charge is 0.323 e. The molecule has 8 heteroatoms. The van der Waals surface area contributed by atoms with Crippen LogP contribution in [0.1, 0.15) is 30.6 Å². The number of likely N-dealkylation sites (N-methyl/N-ethyl adjacent to an activating group) is 1. The summed E-state index contributed by atoms with van der Waals surface area (Å²) in [5, 5.41) is 8.83. The summed E-state index contributed by atoms with van der Waals surface area (Å²) in [7, 11) is -3.53. The molecule has 22 heavy (non-hydrogen) atoms. The number of hydrogen-bond donors (Lipinski definition) is 2. The van der Waals surface area contributed by atoms with Gasteiger partial charge in [0.25, 0.3) is 5.91 Å². The van der Waals surface area contributed by atoms with Crippen molar-refractivity contribution < 1.29 is 23.1 Å². The van der Waals surface area contributed by atoms with Crippen molar-refractivity contribution in [2.45, 2.75) is 20.3 Å². The molecule has 0 aliphatic rings. The third-order valence-electron chi connectivity index (χ3n) is 2.89. The molecule has 0 atom stereocenters. The third kappa shape index (κ3) is 5.03. The molecule has 0 radical (unpaired) electrons. The molecular formula is C14H20N2O5S. The second-order valence-electron chi connectivity index (χ2n) is 4.68. The van der Waals surface area contributed by atoms with Gasteiger partial charge in [0.2, 0.25) is 10.0 Å². The minimum absolute atomic E-state index is 0.0534. The Kier molecular flexibility index (Phi) is 6.36. The van der Waals surface area contributed by atoms with Crippen LogP contribution in [0.25, 0.3) is 0 Å². The van der Waals surface area contributed by atoms with E-state index in [9.17, 15) is 18.0 Å². The number of rotatable bonds is 8. The molecule has 1 amide bonds. The first-order valence-electron chi connectivity index (χ1n) is 6.91. The van der Waals surface area contributed by atoms with Crippen molar-refractivity contribution in [1.29, 1.82) is 0 Å². The minimum Gasteiger partial charge on any atom is -0.480 e. The fourth-order valence-corrected chi connectivity index (χ4v) is 3.06. The quantitative estimate of drug-likeness (QED) is 0.750. The second-order valence-corrected chi connectivity index (χ2v) is 6.52. The van der Waals surface area contributed by atoms with Crippen LogP contribution in [-0.2, 0) is 14.8 Å². The molecule has 7 nitrogen and oxygen atoms in total. The lowest BCUT2D eigenvalue weighted by Gasteiger charge is -2.20. The van der Waals surface area contributed by atoms with E-state index < -0.39 is 28.4 Å². The van der Waals surface area contributed by atoms with Gasteiger partial charge in [0.15, 0.2) is 0 Å². The Morgan fingerprint density at radius 1 is 1.23 bits per heavy atom. The fraction of sp³-hybridized carbons (Fsp3) is 0.429. The molecule has 1 aromatic carbocycles. The van der Waals surface area contributed by atoms with E-state index in [0.717, 1.165) is 4.90 Å². The number of anilines is 1. The van der Waals surface area contributed by atoms with Crippen LogP contribution in [0.4, 0.5) is 5.69 Å². The molecule has 0 saturated heterocycles. The number of aliphatic carboxylic acids is 1. The summed E-state index contributed by atoms with van der Waals surface area (Å²) in [6.07, 6.45) is 0.450. The fourth-order valence-electron chi connectivity index (χ4n) is 1.91. The lowest BCUT2D eigenvalue weighted by Crippen LogP contribution is -2.36. The molecule has 0 saturated carbocycles. The van der Waals surface area contributed by atoms with Gasteiger partial charge in [0.1, 0.15) is 6.54 Å². The molecule has 122 valence electrons. The van der Waals surface area contributed by atoms with Crippen molar-refractivity contribution in [2.24, 2.45) is 0 Å². The molecule has 0 fully saturated rings. The van der Waals surface area contributed by atoms with Crippen molar-refractivity contribution >= 4 is 27.6 Å². The maximum Gasteiger partial charge on any atom is 0.323 e. The van der Waals surface area contributed by atoms with Crippen LogP contribution >= 0.6 is 0 Å². The van der Waals surface area contributed by atoms with Crippen molar-refractivity contribution in [2.75, 3.05) is 23.6 Å². The van der Waals surface area contributed by atoms with E-state index in [1.165, 1.54) is 12.1 Å². The average Bonchev–Trinajstić information content (AvgIpc) is 2.43. The van der Waals surface area contributed by atoms with Crippen molar-refractivity contribution in [1.82, 2.24) is 4.90 Å². The van der Waals surface area contributed by atoms with Gasteiger partial charge in [0, 0.05) is 6.54 Å². The Morgan fingerprint density at radius 2 is 1.86 bits per heavy atom. The van der Waals surface area contributed by atoms with E-state index >= 15 is 0 Å². The zero-order valence-electron chi connectivity index (χ0n) is 12.6. The first-order chi connectivity index (χ1) is 10.3. The number of sulfonamides is 1. The Hall–Kier alpha value is -2.09. The summed E-state index contributed by atoms with van der Waals surface area (Å²) >= 11 is 0. The summed E-state index contributed by atoms with van der Waals surface area (Å²) in [6, 6.07) is 6.15. The summed E-state index contributed by atoms with van der Waals surface area (Å²) in [4.78, 5) is 24.3. The Balaban J connectivity index is 3.10. The number of benzene rings is 1. The summed E-state index contributed by atoms with van der Waals surface area (Å²) < 4.78 is 26.1. The van der Waals surface area contributed by atoms with Gasteiger partial charge in [-0.05, 0) is 25.5 Å². The van der Waals surface area contributed by atoms with Crippen LogP contribution < -0.4 is 4.72 Å². The van der Waals surface area contributed by atoms with Crippen LogP contribution in [0.5, 0.6) is 0 Å². The number of nitrogens with zero attached hydrogens (tertiary/aromatic N) is 1. The second kappa shape index (κ2) is 7.79. The first kappa shape index (κ1) is 18.0. The molecule has 1 rings (SSSR count). The standard InChI is InChI=1S/C14H20N2O5S/c1-3-9-22(20,21)15-12-8-6-5-7-11(12)14(19)16(4-2)10-13(17)18/h5-8,15H,3-4,9-10H2,1-2H3,(H,17,18). The molecule has 0 aliphatic carbocycles. The summed E-state index contributed by atoms with van der Waals surface area (Å²) in [5.74, 6) is -1.71. The number of amides is 1. The van der Waals surface area contributed by atoms with E-state index in [4.69, 9.17) is 5.11 Å². The van der Waals surface area contributed by atoms with Gasteiger partial charge in [-0.1, -0.05) is 19.1 Å². The largest absolute Gasteiger partial charge is 0.480 e.